The Kier molecular flexibility index (Phi) is 8.43. The maximum atomic E-state index is 6.64. The van der Waals surface area contributed by atoms with Crippen LogP contribution in [0.25, 0.3) is 142 Å². The lowest BCUT2D eigenvalue weighted by molar-refractivity contribution is 0.669. The lowest BCUT2D eigenvalue weighted by Crippen LogP contribution is -2.01. The Hall–Kier alpha value is -9.17. The molecule has 0 saturated carbocycles. The van der Waals surface area contributed by atoms with Gasteiger partial charge in [-0.05, 0) is 83.9 Å². The molecular formula is C63H37N5OS. The zero-order valence-electron chi connectivity index (χ0n) is 37.4. The molecule has 15 rings (SSSR count). The summed E-state index contributed by atoms with van der Waals surface area (Å²) in [6.45, 7) is 0. The van der Waals surface area contributed by atoms with E-state index in [4.69, 9.17) is 19.4 Å². The van der Waals surface area contributed by atoms with Crippen molar-refractivity contribution >= 4 is 97.1 Å². The second-order valence-electron chi connectivity index (χ2n) is 17.9. The van der Waals surface area contributed by atoms with Gasteiger partial charge >= 0.3 is 0 Å². The molecule has 0 bridgehead atoms. The highest BCUT2D eigenvalue weighted by Crippen LogP contribution is 2.44. The largest absolute Gasteiger partial charge is 0.456 e. The van der Waals surface area contributed by atoms with Crippen LogP contribution in [0.1, 0.15) is 0 Å². The van der Waals surface area contributed by atoms with Crippen molar-refractivity contribution in [3.05, 3.63) is 224 Å². The van der Waals surface area contributed by atoms with E-state index in [1.807, 2.05) is 41.7 Å². The molecule has 7 heteroatoms. The fourth-order valence-corrected chi connectivity index (χ4v) is 12.1. The van der Waals surface area contributed by atoms with Crippen LogP contribution in [0.4, 0.5) is 0 Å². The number of para-hydroxylation sites is 4. The number of aromatic nitrogens is 5. The van der Waals surface area contributed by atoms with Gasteiger partial charge in [0, 0.05) is 80.6 Å². The zero-order chi connectivity index (χ0) is 45.9. The maximum Gasteiger partial charge on any atom is 0.164 e. The topological polar surface area (TPSA) is 61.7 Å². The number of nitrogens with zero attached hydrogens (tertiary/aromatic N) is 5. The standard InChI is InChI=1S/C63H37N5OS/c1-2-15-38(16-3-1)61-64-62(40-17-12-18-41(35-40)67-51-25-8-4-19-44(51)45-20-5-9-26-52(45)67)66-63(65-61)49-24-13-29-56-59(49)50-36-39(31-34-55(50)69-56)43-23-14-30-57-60(43)48-33-32-42(37-58(48)70-57)68-53-27-10-6-21-46(53)47-22-7-11-28-54(47)68/h1-37H. The van der Waals surface area contributed by atoms with Gasteiger partial charge in [0.25, 0.3) is 0 Å². The molecule has 15 aromatic rings. The third kappa shape index (κ3) is 5.89. The fourth-order valence-electron chi connectivity index (χ4n) is 10.9. The van der Waals surface area contributed by atoms with Crippen molar-refractivity contribution in [2.24, 2.45) is 0 Å². The summed E-state index contributed by atoms with van der Waals surface area (Å²) in [5.74, 6) is 1.77. The van der Waals surface area contributed by atoms with Crippen LogP contribution in [0, 0.1) is 0 Å². The highest BCUT2D eigenvalue weighted by atomic mass is 32.1. The van der Waals surface area contributed by atoms with Gasteiger partial charge in [-0.2, -0.15) is 0 Å². The van der Waals surface area contributed by atoms with Crippen LogP contribution < -0.4 is 0 Å². The monoisotopic (exact) mass is 911 g/mol. The summed E-state index contributed by atoms with van der Waals surface area (Å²) < 4.78 is 13.9. The minimum Gasteiger partial charge on any atom is -0.456 e. The van der Waals surface area contributed by atoms with Crippen molar-refractivity contribution in [3.63, 3.8) is 0 Å². The molecule has 70 heavy (non-hydrogen) atoms. The number of hydrogen-bond donors (Lipinski definition) is 0. The Morgan fingerprint density at radius 3 is 1.56 bits per heavy atom. The van der Waals surface area contributed by atoms with Gasteiger partial charge in [0.15, 0.2) is 17.5 Å². The van der Waals surface area contributed by atoms with Crippen molar-refractivity contribution in [3.8, 4) is 56.7 Å². The molecule has 0 radical (unpaired) electrons. The zero-order valence-corrected chi connectivity index (χ0v) is 38.2. The number of furan rings is 1. The fraction of sp³-hybridized carbons (Fsp3) is 0. The van der Waals surface area contributed by atoms with Crippen molar-refractivity contribution < 1.29 is 4.42 Å². The molecule has 0 aliphatic carbocycles. The number of rotatable bonds is 6. The Morgan fingerprint density at radius 2 is 0.871 bits per heavy atom. The second-order valence-corrected chi connectivity index (χ2v) is 19.0. The minimum atomic E-state index is 0.579. The maximum absolute atomic E-state index is 6.64. The van der Waals surface area contributed by atoms with Crippen LogP contribution in [0.15, 0.2) is 229 Å². The number of fused-ring (bicyclic) bond motifs is 12. The smallest absolute Gasteiger partial charge is 0.164 e. The molecule has 6 nitrogen and oxygen atoms in total. The number of hydrogen-bond acceptors (Lipinski definition) is 5. The summed E-state index contributed by atoms with van der Waals surface area (Å²) in [5.41, 5.74) is 13.5. The quantitative estimate of drug-likeness (QED) is 0.167. The lowest BCUT2D eigenvalue weighted by atomic mass is 9.97. The molecule has 5 heterocycles. The van der Waals surface area contributed by atoms with Gasteiger partial charge in [-0.3, -0.25) is 0 Å². The molecule has 0 spiro atoms. The van der Waals surface area contributed by atoms with E-state index in [1.54, 1.807) is 0 Å². The number of benzene rings is 10. The highest BCUT2D eigenvalue weighted by molar-refractivity contribution is 7.26. The van der Waals surface area contributed by atoms with E-state index in [0.717, 1.165) is 66.6 Å². The molecule has 0 fully saturated rings. The molecule has 0 atom stereocenters. The molecule has 326 valence electrons. The van der Waals surface area contributed by atoms with Gasteiger partial charge in [-0.25, -0.2) is 15.0 Å². The van der Waals surface area contributed by atoms with Crippen molar-refractivity contribution in [1.82, 2.24) is 24.1 Å². The van der Waals surface area contributed by atoms with Gasteiger partial charge in [-0.1, -0.05) is 152 Å². The normalized spacial score (nSPS) is 12.0. The Morgan fingerprint density at radius 1 is 0.314 bits per heavy atom. The molecule has 5 aromatic heterocycles. The van der Waals surface area contributed by atoms with Crippen LogP contribution in [-0.2, 0) is 0 Å². The predicted molar refractivity (Wildman–Crippen MR) is 290 cm³/mol. The summed E-state index contributed by atoms with van der Waals surface area (Å²) >= 11 is 1.84. The first-order chi connectivity index (χ1) is 34.7. The Labute approximate surface area is 404 Å². The van der Waals surface area contributed by atoms with Gasteiger partial charge in [0.1, 0.15) is 11.2 Å². The molecule has 0 aliphatic rings. The molecule has 0 aliphatic heterocycles. The average molecular weight is 912 g/mol. The Balaban J connectivity index is 0.883. The Bertz CT molecular complexity index is 4510. The molecule has 0 saturated heterocycles. The van der Waals surface area contributed by atoms with Crippen LogP contribution in [0.2, 0.25) is 0 Å². The van der Waals surface area contributed by atoms with Gasteiger partial charge < -0.3 is 13.6 Å². The first kappa shape index (κ1) is 38.9. The lowest BCUT2D eigenvalue weighted by Gasteiger charge is -2.12. The van der Waals surface area contributed by atoms with E-state index in [1.165, 1.54) is 58.3 Å². The van der Waals surface area contributed by atoms with Crippen LogP contribution in [0.5, 0.6) is 0 Å². The first-order valence-corrected chi connectivity index (χ1v) is 24.3. The third-order valence-corrected chi connectivity index (χ3v) is 15.1. The average Bonchev–Trinajstić information content (AvgIpc) is 4.18. The van der Waals surface area contributed by atoms with E-state index < -0.39 is 0 Å². The molecule has 10 aromatic carbocycles. The second kappa shape index (κ2) is 15.2. The predicted octanol–water partition coefficient (Wildman–Crippen LogP) is 17.0. The number of thiophene rings is 1. The summed E-state index contributed by atoms with van der Waals surface area (Å²) in [7, 11) is 0. The summed E-state index contributed by atoms with van der Waals surface area (Å²) in [4.78, 5) is 15.7. The molecular weight excluding hydrogens is 875 g/mol. The first-order valence-electron chi connectivity index (χ1n) is 23.5. The molecule has 0 unspecified atom stereocenters. The van der Waals surface area contributed by atoms with E-state index in [2.05, 4.69) is 203 Å². The van der Waals surface area contributed by atoms with Crippen LogP contribution in [0.3, 0.4) is 0 Å². The summed E-state index contributed by atoms with van der Waals surface area (Å²) in [6.07, 6.45) is 0. The van der Waals surface area contributed by atoms with E-state index in [-0.39, 0.29) is 0 Å². The molecule has 0 N–H and O–H groups in total. The van der Waals surface area contributed by atoms with Gasteiger partial charge in [0.05, 0.1) is 22.1 Å². The summed E-state index contributed by atoms with van der Waals surface area (Å²) in [5, 5.41) is 9.41. The van der Waals surface area contributed by atoms with Crippen molar-refractivity contribution in [2.75, 3.05) is 0 Å². The summed E-state index contributed by atoms with van der Waals surface area (Å²) in [6, 6.07) is 79.6. The van der Waals surface area contributed by atoms with E-state index >= 15 is 0 Å². The minimum absolute atomic E-state index is 0.579. The highest BCUT2D eigenvalue weighted by Gasteiger charge is 2.21. The van der Waals surface area contributed by atoms with Crippen molar-refractivity contribution in [2.45, 2.75) is 0 Å². The van der Waals surface area contributed by atoms with Gasteiger partial charge in [-0.15, -0.1) is 11.3 Å². The van der Waals surface area contributed by atoms with Crippen molar-refractivity contribution in [1.29, 1.82) is 0 Å². The SMILES string of the molecule is c1ccc(-c2nc(-c3cccc(-n4c5ccccc5c5ccccc54)c3)nc(-c3cccc4oc5ccc(-c6cccc7sc8cc(-n9c%10ccccc%10c%10ccccc%109)ccc8c67)cc5c34)n2)cc1. The van der Waals surface area contributed by atoms with E-state index in [0.29, 0.717) is 17.5 Å². The van der Waals surface area contributed by atoms with Crippen LogP contribution >= 0.6 is 11.3 Å². The third-order valence-electron chi connectivity index (χ3n) is 14.0. The van der Waals surface area contributed by atoms with E-state index in [9.17, 15) is 0 Å². The van der Waals surface area contributed by atoms with Crippen LogP contribution in [-0.4, -0.2) is 24.1 Å². The molecule has 0 amide bonds. The van der Waals surface area contributed by atoms with Gasteiger partial charge in [0.2, 0.25) is 0 Å².